The van der Waals surface area contributed by atoms with Crippen LogP contribution in [0.5, 0.6) is 0 Å². The van der Waals surface area contributed by atoms with Gasteiger partial charge in [0.1, 0.15) is 0 Å². The number of rotatable bonds is 5. The van der Waals surface area contributed by atoms with Gasteiger partial charge in [0.25, 0.3) is 0 Å². The summed E-state index contributed by atoms with van der Waals surface area (Å²) in [5.41, 5.74) is 0.144. The summed E-state index contributed by atoms with van der Waals surface area (Å²) in [6.45, 7) is 16.3. The lowest BCUT2D eigenvalue weighted by molar-refractivity contribution is 0.0774. The van der Waals surface area contributed by atoms with Crippen molar-refractivity contribution >= 4 is 29.9 Å². The predicted octanol–water partition coefficient (Wildman–Crippen LogP) is 2.69. The number of halogens is 1. The Kier molecular flexibility index (Phi) is 9.80. The molecule has 1 aliphatic heterocycles. The molecule has 0 aromatic carbocycles. The molecule has 0 aromatic heterocycles. The van der Waals surface area contributed by atoms with Crippen LogP contribution in [0.15, 0.2) is 4.99 Å². The van der Waals surface area contributed by atoms with Crippen molar-refractivity contribution in [3.63, 3.8) is 0 Å². The van der Waals surface area contributed by atoms with E-state index in [1.165, 1.54) is 25.9 Å². The van der Waals surface area contributed by atoms with E-state index in [1.54, 1.807) is 0 Å². The Balaban J connectivity index is 0.00000361. The number of likely N-dealkylation sites (tertiary alicyclic amines) is 1. The summed E-state index contributed by atoms with van der Waals surface area (Å²) in [4.78, 5) is 7.33. The maximum atomic E-state index is 4.73. The van der Waals surface area contributed by atoms with Gasteiger partial charge in [-0.15, -0.1) is 24.0 Å². The zero-order valence-corrected chi connectivity index (χ0v) is 16.2. The summed E-state index contributed by atoms with van der Waals surface area (Å²) in [7, 11) is 0. The van der Waals surface area contributed by atoms with Crippen molar-refractivity contribution in [2.24, 2.45) is 10.9 Å². The Labute approximate surface area is 142 Å². The van der Waals surface area contributed by atoms with Gasteiger partial charge in [0.05, 0.1) is 6.54 Å². The summed E-state index contributed by atoms with van der Waals surface area (Å²) < 4.78 is 0. The van der Waals surface area contributed by atoms with Crippen molar-refractivity contribution in [3.05, 3.63) is 0 Å². The SMILES string of the molecule is CCNC(=NCC(C)(C)N1CCCC(C)C1)NCC.I. The molecule has 1 atom stereocenters. The molecule has 0 bridgehead atoms. The molecular formula is C15H33IN4. The van der Waals surface area contributed by atoms with Crippen molar-refractivity contribution in [1.29, 1.82) is 0 Å². The second-order valence-corrected chi connectivity index (χ2v) is 6.23. The van der Waals surface area contributed by atoms with Crippen molar-refractivity contribution in [3.8, 4) is 0 Å². The highest BCUT2D eigenvalue weighted by molar-refractivity contribution is 14.0. The van der Waals surface area contributed by atoms with Crippen LogP contribution in [0.25, 0.3) is 0 Å². The minimum atomic E-state index is 0. The highest BCUT2D eigenvalue weighted by Gasteiger charge is 2.29. The molecule has 1 heterocycles. The minimum absolute atomic E-state index is 0. The minimum Gasteiger partial charge on any atom is -0.357 e. The highest BCUT2D eigenvalue weighted by Crippen LogP contribution is 2.23. The number of hydrogen-bond acceptors (Lipinski definition) is 2. The first-order chi connectivity index (χ1) is 8.99. The number of nitrogens with one attached hydrogen (secondary N) is 2. The first-order valence-corrected chi connectivity index (χ1v) is 7.76. The van der Waals surface area contributed by atoms with E-state index in [1.807, 2.05) is 0 Å². The van der Waals surface area contributed by atoms with Crippen LogP contribution in [0.3, 0.4) is 0 Å². The molecule has 1 unspecified atom stereocenters. The fourth-order valence-corrected chi connectivity index (χ4v) is 2.62. The molecule has 20 heavy (non-hydrogen) atoms. The lowest BCUT2D eigenvalue weighted by Crippen LogP contribution is -2.51. The summed E-state index contributed by atoms with van der Waals surface area (Å²) in [6, 6.07) is 0. The maximum Gasteiger partial charge on any atom is 0.191 e. The van der Waals surface area contributed by atoms with Crippen molar-refractivity contribution in [2.75, 3.05) is 32.7 Å². The van der Waals surface area contributed by atoms with Gasteiger partial charge in [-0.05, 0) is 53.0 Å². The molecule has 1 saturated heterocycles. The molecule has 5 heteroatoms. The van der Waals surface area contributed by atoms with E-state index in [0.29, 0.717) is 0 Å². The van der Waals surface area contributed by atoms with Gasteiger partial charge in [-0.1, -0.05) is 6.92 Å². The molecule has 0 radical (unpaired) electrons. The number of nitrogens with zero attached hydrogens (tertiary/aromatic N) is 2. The standard InChI is InChI=1S/C15H32N4.HI/c1-6-16-14(17-7-2)18-12-15(4,5)19-10-8-9-13(3)11-19;/h13H,6-12H2,1-5H3,(H2,16,17,18);1H. The van der Waals surface area contributed by atoms with Crippen molar-refractivity contribution in [1.82, 2.24) is 15.5 Å². The van der Waals surface area contributed by atoms with E-state index in [-0.39, 0.29) is 29.5 Å². The average molecular weight is 396 g/mol. The first-order valence-electron chi connectivity index (χ1n) is 7.76. The topological polar surface area (TPSA) is 39.7 Å². The van der Waals surface area contributed by atoms with Gasteiger partial charge in [-0.3, -0.25) is 9.89 Å². The third-order valence-electron chi connectivity index (χ3n) is 3.83. The van der Waals surface area contributed by atoms with Gasteiger partial charge in [0, 0.05) is 25.2 Å². The average Bonchev–Trinajstić information content (AvgIpc) is 2.37. The quantitative estimate of drug-likeness (QED) is 0.427. The summed E-state index contributed by atoms with van der Waals surface area (Å²) in [5.74, 6) is 1.75. The van der Waals surface area contributed by atoms with Crippen LogP contribution in [0.1, 0.15) is 47.5 Å². The van der Waals surface area contributed by atoms with Crippen LogP contribution in [0, 0.1) is 5.92 Å². The third kappa shape index (κ3) is 6.61. The smallest absolute Gasteiger partial charge is 0.191 e. The van der Waals surface area contributed by atoms with E-state index in [4.69, 9.17) is 4.99 Å². The largest absolute Gasteiger partial charge is 0.357 e. The zero-order valence-electron chi connectivity index (χ0n) is 13.8. The van der Waals surface area contributed by atoms with Gasteiger partial charge < -0.3 is 10.6 Å². The van der Waals surface area contributed by atoms with Gasteiger partial charge in [0.2, 0.25) is 0 Å². The van der Waals surface area contributed by atoms with Crippen LogP contribution >= 0.6 is 24.0 Å². The van der Waals surface area contributed by atoms with Crippen molar-refractivity contribution < 1.29 is 0 Å². The van der Waals surface area contributed by atoms with Gasteiger partial charge in [-0.2, -0.15) is 0 Å². The van der Waals surface area contributed by atoms with Gasteiger partial charge >= 0.3 is 0 Å². The third-order valence-corrected chi connectivity index (χ3v) is 3.83. The Hall–Kier alpha value is -0.0400. The number of aliphatic imine (C=N–C) groups is 1. The van der Waals surface area contributed by atoms with Crippen molar-refractivity contribution in [2.45, 2.75) is 53.0 Å². The molecular weight excluding hydrogens is 363 g/mol. The molecule has 1 rings (SSSR count). The monoisotopic (exact) mass is 396 g/mol. The number of hydrogen-bond donors (Lipinski definition) is 2. The Bertz CT molecular complexity index is 284. The second-order valence-electron chi connectivity index (χ2n) is 6.23. The molecule has 0 aromatic rings. The van der Waals surface area contributed by atoms with Crippen LogP contribution in [0.2, 0.25) is 0 Å². The Morgan fingerprint density at radius 2 is 1.85 bits per heavy atom. The Morgan fingerprint density at radius 3 is 2.35 bits per heavy atom. The first kappa shape index (κ1) is 20.0. The molecule has 4 nitrogen and oxygen atoms in total. The molecule has 1 fully saturated rings. The molecule has 1 aliphatic rings. The molecule has 0 spiro atoms. The predicted molar refractivity (Wildman–Crippen MR) is 99.1 cm³/mol. The van der Waals surface area contributed by atoms with E-state index in [0.717, 1.165) is 31.5 Å². The highest BCUT2D eigenvalue weighted by atomic mass is 127. The van der Waals surface area contributed by atoms with E-state index in [2.05, 4.69) is 50.2 Å². The molecule has 0 amide bonds. The van der Waals surface area contributed by atoms with Crippen LogP contribution in [-0.2, 0) is 0 Å². The van der Waals surface area contributed by atoms with Gasteiger partial charge in [0.15, 0.2) is 5.96 Å². The molecule has 120 valence electrons. The lowest BCUT2D eigenvalue weighted by atomic mass is 9.94. The van der Waals surface area contributed by atoms with E-state index >= 15 is 0 Å². The summed E-state index contributed by atoms with van der Waals surface area (Å²) >= 11 is 0. The fraction of sp³-hybridized carbons (Fsp3) is 0.933. The number of guanidine groups is 1. The zero-order chi connectivity index (χ0) is 14.3. The maximum absolute atomic E-state index is 4.73. The van der Waals surface area contributed by atoms with Crippen LogP contribution in [0.4, 0.5) is 0 Å². The Morgan fingerprint density at radius 1 is 1.25 bits per heavy atom. The summed E-state index contributed by atoms with van der Waals surface area (Å²) in [5, 5.41) is 6.58. The molecule has 0 aliphatic carbocycles. The summed E-state index contributed by atoms with van der Waals surface area (Å²) in [6.07, 6.45) is 2.69. The lowest BCUT2D eigenvalue weighted by Gasteiger charge is -2.42. The van der Waals surface area contributed by atoms with E-state index in [9.17, 15) is 0 Å². The molecule has 0 saturated carbocycles. The van der Waals surface area contributed by atoms with E-state index < -0.39 is 0 Å². The van der Waals surface area contributed by atoms with Gasteiger partial charge in [-0.25, -0.2) is 0 Å². The fourth-order valence-electron chi connectivity index (χ4n) is 2.62. The normalized spacial score (nSPS) is 19.9. The number of piperidine rings is 1. The van der Waals surface area contributed by atoms with Crippen LogP contribution < -0.4 is 10.6 Å². The second kappa shape index (κ2) is 9.82. The van der Waals surface area contributed by atoms with Crippen LogP contribution in [-0.4, -0.2) is 49.1 Å². The molecule has 2 N–H and O–H groups in total.